The summed E-state index contributed by atoms with van der Waals surface area (Å²) in [5, 5.41) is 11.5. The third kappa shape index (κ3) is 5.06. The second-order valence-electron chi connectivity index (χ2n) is 7.47. The first-order valence-electron chi connectivity index (χ1n) is 9.84. The van der Waals surface area contributed by atoms with Gasteiger partial charge in [-0.3, -0.25) is 4.68 Å². The van der Waals surface area contributed by atoms with Gasteiger partial charge in [0.05, 0.1) is 29.0 Å². The number of nitrogen functional groups attached to an aromatic ring is 1. The summed E-state index contributed by atoms with van der Waals surface area (Å²) in [6.45, 7) is 3.84. The number of benzene rings is 1. The minimum atomic E-state index is -0.519. The molecule has 1 aliphatic heterocycles. The van der Waals surface area contributed by atoms with Crippen LogP contribution in [0.3, 0.4) is 0 Å². The number of pyridine rings is 1. The molecule has 1 unspecified atom stereocenters. The predicted molar refractivity (Wildman–Crippen MR) is 127 cm³/mol. The average Bonchev–Trinajstić information content (AvgIpc) is 3.24. The van der Waals surface area contributed by atoms with Crippen molar-refractivity contribution in [2.75, 3.05) is 24.1 Å². The van der Waals surface area contributed by atoms with Gasteiger partial charge in [0.15, 0.2) is 0 Å². The smallest absolute Gasteiger partial charge is 0.146 e. The molecule has 1 fully saturated rings. The van der Waals surface area contributed by atoms with Gasteiger partial charge in [0, 0.05) is 34.1 Å². The quantitative estimate of drug-likeness (QED) is 0.416. The topological polar surface area (TPSA) is 80.8 Å². The van der Waals surface area contributed by atoms with E-state index in [0.717, 1.165) is 37.1 Å². The monoisotopic (exact) mass is 484 g/mol. The van der Waals surface area contributed by atoms with Gasteiger partial charge in [-0.25, -0.2) is 9.37 Å². The summed E-state index contributed by atoms with van der Waals surface area (Å²) in [4.78, 5) is 4.31. The van der Waals surface area contributed by atoms with Gasteiger partial charge in [-0.2, -0.15) is 5.10 Å². The molecule has 1 saturated heterocycles. The van der Waals surface area contributed by atoms with Crippen LogP contribution in [0.5, 0.6) is 0 Å². The molecule has 1 aromatic carbocycles. The first-order valence-corrected chi connectivity index (χ1v) is 10.6. The molecule has 1 aliphatic rings. The normalized spacial score (nSPS) is 15.4. The zero-order valence-electron chi connectivity index (χ0n) is 16.9. The lowest BCUT2D eigenvalue weighted by Crippen LogP contribution is -2.29. The third-order valence-electron chi connectivity index (χ3n) is 5.42. The number of nitrogens with one attached hydrogen (secondary N) is 2. The fraction of sp³-hybridized carbons (Fsp3) is 0.333. The molecule has 166 valence electrons. The Kier molecular flexibility index (Phi) is 7.64. The van der Waals surface area contributed by atoms with Gasteiger partial charge in [-0.15, -0.1) is 12.4 Å². The minimum Gasteiger partial charge on any atom is -0.382 e. The first-order chi connectivity index (χ1) is 14.4. The highest BCUT2D eigenvalue weighted by molar-refractivity contribution is 6.36. The van der Waals surface area contributed by atoms with Crippen LogP contribution in [0.25, 0.3) is 11.1 Å². The average molecular weight is 486 g/mol. The maximum atomic E-state index is 13.9. The van der Waals surface area contributed by atoms with Crippen molar-refractivity contribution >= 4 is 47.1 Å². The summed E-state index contributed by atoms with van der Waals surface area (Å²) in [6, 6.07) is 4.67. The van der Waals surface area contributed by atoms with Gasteiger partial charge in [0.1, 0.15) is 11.6 Å². The first kappa shape index (κ1) is 23.6. The molecule has 3 aromatic rings. The standard InChI is InChI=1S/C21H23Cl2FN6.ClH/c1-12(19-16(22)2-3-17(24)20(19)23)29-18-8-13(9-27-21(18)25)14-10-28-30(11-14)15-4-6-26-7-5-15;/h2-3,8-12,15,26,29H,4-7H2,1H3,(H2,25,27);1H. The molecule has 6 nitrogen and oxygen atoms in total. The Morgan fingerprint density at radius 2 is 1.97 bits per heavy atom. The second-order valence-corrected chi connectivity index (χ2v) is 8.26. The van der Waals surface area contributed by atoms with Crippen molar-refractivity contribution in [3.8, 4) is 11.1 Å². The lowest BCUT2D eigenvalue weighted by Gasteiger charge is -2.22. The molecular formula is C21H24Cl3FN6. The molecule has 4 rings (SSSR count). The molecule has 31 heavy (non-hydrogen) atoms. The predicted octanol–water partition coefficient (Wildman–Crippen LogP) is 5.49. The molecule has 3 heterocycles. The molecule has 10 heteroatoms. The van der Waals surface area contributed by atoms with Gasteiger partial charge >= 0.3 is 0 Å². The Balaban J connectivity index is 0.00000272. The zero-order valence-corrected chi connectivity index (χ0v) is 19.2. The van der Waals surface area contributed by atoms with Crippen LogP contribution in [0.2, 0.25) is 10.0 Å². The van der Waals surface area contributed by atoms with Crippen molar-refractivity contribution < 1.29 is 4.39 Å². The van der Waals surface area contributed by atoms with Crippen molar-refractivity contribution in [3.63, 3.8) is 0 Å². The van der Waals surface area contributed by atoms with Crippen molar-refractivity contribution in [2.24, 2.45) is 0 Å². The van der Waals surface area contributed by atoms with Crippen LogP contribution in [-0.4, -0.2) is 27.9 Å². The third-order valence-corrected chi connectivity index (χ3v) is 6.13. The molecule has 0 spiro atoms. The number of rotatable bonds is 5. The van der Waals surface area contributed by atoms with E-state index in [9.17, 15) is 4.39 Å². The Labute approximate surface area is 196 Å². The van der Waals surface area contributed by atoms with Gasteiger partial charge in [0.2, 0.25) is 0 Å². The van der Waals surface area contributed by atoms with E-state index in [-0.39, 0.29) is 23.5 Å². The molecule has 0 amide bonds. The van der Waals surface area contributed by atoms with Crippen LogP contribution < -0.4 is 16.4 Å². The minimum absolute atomic E-state index is 0. The van der Waals surface area contributed by atoms with Gasteiger partial charge in [0.25, 0.3) is 0 Å². The number of nitrogens with two attached hydrogens (primary N) is 1. The van der Waals surface area contributed by atoms with E-state index in [1.54, 1.807) is 6.20 Å². The number of aromatic nitrogens is 3. The SMILES string of the molecule is CC(Nc1cc(-c2cnn(C3CCNCC3)c2)cnc1N)c1c(Cl)ccc(F)c1Cl.Cl. The molecule has 4 N–H and O–H groups in total. The lowest BCUT2D eigenvalue weighted by molar-refractivity contribution is 0.343. The molecule has 0 bridgehead atoms. The summed E-state index contributed by atoms with van der Waals surface area (Å²) in [6.07, 6.45) is 7.71. The number of anilines is 2. The van der Waals surface area contributed by atoms with Crippen LogP contribution in [0.15, 0.2) is 36.8 Å². The Morgan fingerprint density at radius 1 is 1.23 bits per heavy atom. The fourth-order valence-corrected chi connectivity index (χ4v) is 4.45. The van der Waals surface area contributed by atoms with E-state index in [4.69, 9.17) is 28.9 Å². The van der Waals surface area contributed by atoms with Crippen molar-refractivity contribution in [2.45, 2.75) is 31.8 Å². The Morgan fingerprint density at radius 3 is 2.71 bits per heavy atom. The fourth-order valence-electron chi connectivity index (χ4n) is 3.75. The molecule has 1 atom stereocenters. The zero-order chi connectivity index (χ0) is 21.3. The summed E-state index contributed by atoms with van der Waals surface area (Å²) < 4.78 is 15.9. The van der Waals surface area contributed by atoms with E-state index in [2.05, 4.69) is 20.7 Å². The highest BCUT2D eigenvalue weighted by atomic mass is 35.5. The second kappa shape index (κ2) is 10.0. The van der Waals surface area contributed by atoms with E-state index in [1.165, 1.54) is 12.1 Å². The maximum Gasteiger partial charge on any atom is 0.146 e. The van der Waals surface area contributed by atoms with Gasteiger partial charge in [-0.1, -0.05) is 23.2 Å². The van der Waals surface area contributed by atoms with Crippen molar-refractivity contribution in [1.29, 1.82) is 0 Å². The molecule has 0 saturated carbocycles. The lowest BCUT2D eigenvalue weighted by atomic mass is 10.1. The van der Waals surface area contributed by atoms with E-state index in [1.807, 2.05) is 30.1 Å². The van der Waals surface area contributed by atoms with Crippen molar-refractivity contribution in [1.82, 2.24) is 20.1 Å². The van der Waals surface area contributed by atoms with E-state index < -0.39 is 5.82 Å². The number of hydrogen-bond acceptors (Lipinski definition) is 5. The number of halogens is 4. The summed E-state index contributed by atoms with van der Waals surface area (Å²) in [7, 11) is 0. The van der Waals surface area contributed by atoms with Gasteiger partial charge < -0.3 is 16.4 Å². The highest BCUT2D eigenvalue weighted by Gasteiger charge is 2.19. The van der Waals surface area contributed by atoms with Crippen LogP contribution in [0.1, 0.15) is 37.4 Å². The Bertz CT molecular complexity index is 1050. The number of hydrogen-bond donors (Lipinski definition) is 3. The molecule has 0 radical (unpaired) electrons. The molecular weight excluding hydrogens is 462 g/mol. The number of piperidine rings is 1. The largest absolute Gasteiger partial charge is 0.382 e. The van der Waals surface area contributed by atoms with Crippen LogP contribution in [-0.2, 0) is 0 Å². The summed E-state index contributed by atoms with van der Waals surface area (Å²) >= 11 is 12.4. The van der Waals surface area contributed by atoms with E-state index in [0.29, 0.717) is 28.1 Å². The van der Waals surface area contributed by atoms with Crippen molar-refractivity contribution in [3.05, 3.63) is 58.2 Å². The van der Waals surface area contributed by atoms with Crippen LogP contribution in [0, 0.1) is 5.82 Å². The maximum absolute atomic E-state index is 13.9. The number of nitrogens with zero attached hydrogens (tertiary/aromatic N) is 3. The summed E-state index contributed by atoms with van der Waals surface area (Å²) in [5.41, 5.74) is 9.01. The highest BCUT2D eigenvalue weighted by Crippen LogP contribution is 2.35. The van der Waals surface area contributed by atoms with E-state index >= 15 is 0 Å². The van der Waals surface area contributed by atoms with Gasteiger partial charge in [-0.05, 0) is 51.1 Å². The Hall–Kier alpha value is -2.06. The van der Waals surface area contributed by atoms with Crippen LogP contribution >= 0.6 is 35.6 Å². The summed E-state index contributed by atoms with van der Waals surface area (Å²) in [5.74, 6) is -0.185. The van der Waals surface area contributed by atoms with Crippen LogP contribution in [0.4, 0.5) is 15.9 Å². The molecule has 2 aromatic heterocycles. The molecule has 0 aliphatic carbocycles.